The van der Waals surface area contributed by atoms with Gasteiger partial charge in [-0.25, -0.2) is 0 Å². The van der Waals surface area contributed by atoms with Crippen molar-refractivity contribution < 1.29 is 4.74 Å². The molecule has 0 atom stereocenters. The van der Waals surface area contributed by atoms with Crippen LogP contribution in [-0.2, 0) is 0 Å². The van der Waals surface area contributed by atoms with Gasteiger partial charge in [-0.05, 0) is 55.4 Å². The number of benzene rings is 1. The largest absolute Gasteiger partial charge is 0.494 e. The lowest BCUT2D eigenvalue weighted by Gasteiger charge is -2.24. The third kappa shape index (κ3) is 3.86. The third-order valence-electron chi connectivity index (χ3n) is 4.02. The van der Waals surface area contributed by atoms with E-state index in [1.54, 1.807) is 0 Å². The number of allylic oxidation sites excluding steroid dienone is 2. The normalized spacial score (nSPS) is 17.5. The molecule has 0 radical (unpaired) electrons. The molecule has 0 aromatic heterocycles. The Kier molecular flexibility index (Phi) is 5.50. The van der Waals surface area contributed by atoms with Crippen molar-refractivity contribution in [2.45, 2.75) is 52.4 Å². The van der Waals surface area contributed by atoms with E-state index in [0.29, 0.717) is 0 Å². The highest BCUT2D eigenvalue weighted by atomic mass is 16.5. The highest BCUT2D eigenvalue weighted by molar-refractivity contribution is 5.67. The molecule has 104 valence electrons. The summed E-state index contributed by atoms with van der Waals surface area (Å²) < 4.78 is 5.65. The van der Waals surface area contributed by atoms with Crippen LogP contribution in [0.2, 0.25) is 0 Å². The van der Waals surface area contributed by atoms with Gasteiger partial charge in [-0.15, -0.1) is 0 Å². The van der Waals surface area contributed by atoms with Gasteiger partial charge < -0.3 is 4.74 Å². The summed E-state index contributed by atoms with van der Waals surface area (Å²) in [5.74, 6) is 1.76. The second-order valence-corrected chi connectivity index (χ2v) is 5.45. The Hall–Kier alpha value is -1.24. The molecular weight excluding hydrogens is 232 g/mol. The molecule has 1 saturated carbocycles. The first-order valence-electron chi connectivity index (χ1n) is 7.74. The summed E-state index contributed by atoms with van der Waals surface area (Å²) in [4.78, 5) is 0. The van der Waals surface area contributed by atoms with E-state index in [9.17, 15) is 0 Å². The smallest absolute Gasteiger partial charge is 0.119 e. The van der Waals surface area contributed by atoms with E-state index < -0.39 is 0 Å². The Morgan fingerprint density at radius 3 is 2.42 bits per heavy atom. The molecular formula is C18H26O. The summed E-state index contributed by atoms with van der Waals surface area (Å²) >= 11 is 0. The average Bonchev–Trinajstić information content (AvgIpc) is 2.48. The molecule has 1 fully saturated rings. The zero-order valence-corrected chi connectivity index (χ0v) is 12.3. The quantitative estimate of drug-likeness (QED) is 0.681. The standard InChI is InChI=1S/C18H26O/c1-3-14-19-17-12-10-16(11-13-17)18(4-2)15-8-6-5-7-9-15/h4,10-13,15H,3,5-9,14H2,1-2H3. The molecule has 0 heterocycles. The van der Waals surface area contributed by atoms with Crippen molar-refractivity contribution in [3.63, 3.8) is 0 Å². The van der Waals surface area contributed by atoms with Crippen LogP contribution in [0.25, 0.3) is 5.57 Å². The zero-order valence-electron chi connectivity index (χ0n) is 12.3. The zero-order chi connectivity index (χ0) is 13.5. The highest BCUT2D eigenvalue weighted by Crippen LogP contribution is 2.35. The topological polar surface area (TPSA) is 9.23 Å². The molecule has 2 rings (SSSR count). The third-order valence-corrected chi connectivity index (χ3v) is 4.02. The van der Waals surface area contributed by atoms with Gasteiger partial charge in [0.05, 0.1) is 6.61 Å². The maximum Gasteiger partial charge on any atom is 0.119 e. The molecule has 0 unspecified atom stereocenters. The predicted octanol–water partition coefficient (Wildman–Crippen LogP) is 5.46. The van der Waals surface area contributed by atoms with Crippen molar-refractivity contribution in [2.24, 2.45) is 5.92 Å². The Morgan fingerprint density at radius 1 is 1.16 bits per heavy atom. The molecule has 1 heteroatoms. The van der Waals surface area contributed by atoms with E-state index in [-0.39, 0.29) is 0 Å². The number of ether oxygens (including phenoxy) is 1. The molecule has 19 heavy (non-hydrogen) atoms. The van der Waals surface area contributed by atoms with Gasteiger partial charge in [-0.3, -0.25) is 0 Å². The minimum atomic E-state index is 0.765. The fourth-order valence-electron chi connectivity index (χ4n) is 3.02. The molecule has 1 aromatic carbocycles. The van der Waals surface area contributed by atoms with Crippen LogP contribution in [0.1, 0.15) is 57.9 Å². The lowest BCUT2D eigenvalue weighted by atomic mass is 9.81. The molecule has 1 aliphatic carbocycles. The maximum absolute atomic E-state index is 5.65. The van der Waals surface area contributed by atoms with E-state index >= 15 is 0 Å². The van der Waals surface area contributed by atoms with Gasteiger partial charge in [0, 0.05) is 0 Å². The minimum absolute atomic E-state index is 0.765. The van der Waals surface area contributed by atoms with Crippen LogP contribution in [0, 0.1) is 5.92 Å². The second-order valence-electron chi connectivity index (χ2n) is 5.45. The van der Waals surface area contributed by atoms with Crippen LogP contribution < -0.4 is 4.74 Å². The number of hydrogen-bond donors (Lipinski definition) is 0. The van der Waals surface area contributed by atoms with Gasteiger partial charge >= 0.3 is 0 Å². The van der Waals surface area contributed by atoms with Crippen LogP contribution in [0.15, 0.2) is 30.3 Å². The summed E-state index contributed by atoms with van der Waals surface area (Å²) in [6.07, 6.45) is 10.3. The van der Waals surface area contributed by atoms with Crippen LogP contribution >= 0.6 is 0 Å². The summed E-state index contributed by atoms with van der Waals surface area (Å²) in [6.45, 7) is 5.11. The molecule has 0 amide bonds. The first-order valence-corrected chi connectivity index (χ1v) is 7.74. The number of hydrogen-bond acceptors (Lipinski definition) is 1. The maximum atomic E-state index is 5.65. The van der Waals surface area contributed by atoms with E-state index in [2.05, 4.69) is 44.2 Å². The Balaban J connectivity index is 2.06. The predicted molar refractivity (Wildman–Crippen MR) is 82.5 cm³/mol. The highest BCUT2D eigenvalue weighted by Gasteiger charge is 2.18. The lowest BCUT2D eigenvalue weighted by molar-refractivity contribution is 0.317. The van der Waals surface area contributed by atoms with Gasteiger partial charge in [0.1, 0.15) is 5.75 Å². The average molecular weight is 258 g/mol. The summed E-state index contributed by atoms with van der Waals surface area (Å²) in [7, 11) is 0. The molecule has 0 spiro atoms. The van der Waals surface area contributed by atoms with Gasteiger partial charge in [-0.2, -0.15) is 0 Å². The van der Waals surface area contributed by atoms with Crippen molar-refractivity contribution in [3.8, 4) is 5.75 Å². The van der Waals surface area contributed by atoms with Crippen LogP contribution in [-0.4, -0.2) is 6.61 Å². The van der Waals surface area contributed by atoms with Crippen molar-refractivity contribution in [1.82, 2.24) is 0 Å². The van der Waals surface area contributed by atoms with E-state index in [1.165, 1.54) is 43.2 Å². The Morgan fingerprint density at radius 2 is 1.84 bits per heavy atom. The first-order chi connectivity index (χ1) is 9.35. The molecule has 1 aliphatic rings. The molecule has 0 aliphatic heterocycles. The Labute approximate surface area is 117 Å². The van der Waals surface area contributed by atoms with E-state index in [1.807, 2.05) is 0 Å². The first kappa shape index (κ1) is 14.2. The van der Waals surface area contributed by atoms with Gasteiger partial charge in [0.15, 0.2) is 0 Å². The van der Waals surface area contributed by atoms with Gasteiger partial charge in [-0.1, -0.05) is 44.4 Å². The van der Waals surface area contributed by atoms with Crippen molar-refractivity contribution in [2.75, 3.05) is 6.61 Å². The minimum Gasteiger partial charge on any atom is -0.494 e. The molecule has 0 bridgehead atoms. The van der Waals surface area contributed by atoms with Gasteiger partial charge in [0.25, 0.3) is 0 Å². The Bertz CT molecular complexity index is 396. The SMILES string of the molecule is CC=C(c1ccc(OCCC)cc1)C1CCCCC1. The molecule has 0 saturated heterocycles. The van der Waals surface area contributed by atoms with Crippen molar-refractivity contribution in [3.05, 3.63) is 35.9 Å². The number of rotatable bonds is 5. The molecule has 0 N–H and O–H groups in total. The van der Waals surface area contributed by atoms with E-state index in [0.717, 1.165) is 24.7 Å². The van der Waals surface area contributed by atoms with Crippen LogP contribution in [0.3, 0.4) is 0 Å². The van der Waals surface area contributed by atoms with Crippen molar-refractivity contribution in [1.29, 1.82) is 0 Å². The van der Waals surface area contributed by atoms with Crippen LogP contribution in [0.4, 0.5) is 0 Å². The molecule has 1 nitrogen and oxygen atoms in total. The fraction of sp³-hybridized carbons (Fsp3) is 0.556. The van der Waals surface area contributed by atoms with Crippen molar-refractivity contribution >= 4 is 5.57 Å². The molecule has 1 aromatic rings. The van der Waals surface area contributed by atoms with Crippen LogP contribution in [0.5, 0.6) is 5.75 Å². The monoisotopic (exact) mass is 258 g/mol. The summed E-state index contributed by atoms with van der Waals surface area (Å²) in [6, 6.07) is 8.65. The second kappa shape index (κ2) is 7.37. The lowest BCUT2D eigenvalue weighted by Crippen LogP contribution is -2.08. The van der Waals surface area contributed by atoms with E-state index in [4.69, 9.17) is 4.74 Å². The fourth-order valence-corrected chi connectivity index (χ4v) is 3.02. The summed E-state index contributed by atoms with van der Waals surface area (Å²) in [5, 5.41) is 0. The summed E-state index contributed by atoms with van der Waals surface area (Å²) in [5.41, 5.74) is 2.90. The van der Waals surface area contributed by atoms with Gasteiger partial charge in [0.2, 0.25) is 0 Å².